The van der Waals surface area contributed by atoms with Crippen LogP contribution in [0.4, 0.5) is 0 Å². The Bertz CT molecular complexity index is 661. The number of fused-ring (bicyclic) bond motifs is 1. The van der Waals surface area contributed by atoms with Crippen LogP contribution in [0.5, 0.6) is 5.75 Å². The second kappa shape index (κ2) is 4.92. The van der Waals surface area contributed by atoms with Crippen LogP contribution in [0.25, 0.3) is 0 Å². The molecule has 0 spiro atoms. The number of aromatic nitrogens is 1. The molecular formula is C15H17N3O2. The molecule has 0 fully saturated rings. The van der Waals surface area contributed by atoms with E-state index in [1.807, 2.05) is 29.0 Å². The Morgan fingerprint density at radius 1 is 1.50 bits per heavy atom. The number of aryl methyl sites for hydroxylation is 1. The summed E-state index contributed by atoms with van der Waals surface area (Å²) < 4.78 is 7.88. The molecule has 5 heteroatoms. The molecular weight excluding hydrogens is 254 g/mol. The summed E-state index contributed by atoms with van der Waals surface area (Å²) in [6, 6.07) is 9.93. The van der Waals surface area contributed by atoms with Gasteiger partial charge in [-0.25, -0.2) is 0 Å². The summed E-state index contributed by atoms with van der Waals surface area (Å²) in [6.45, 7) is 2.75. The zero-order valence-electron chi connectivity index (χ0n) is 11.3. The van der Waals surface area contributed by atoms with Gasteiger partial charge in [-0.3, -0.25) is 0 Å². The first-order chi connectivity index (χ1) is 9.67. The Kier molecular flexibility index (Phi) is 3.10. The average Bonchev–Trinajstić information content (AvgIpc) is 3.04. The van der Waals surface area contributed by atoms with Crippen molar-refractivity contribution in [3.05, 3.63) is 53.3 Å². The van der Waals surface area contributed by atoms with Gasteiger partial charge in [-0.05, 0) is 30.7 Å². The van der Waals surface area contributed by atoms with Gasteiger partial charge >= 0.3 is 0 Å². The van der Waals surface area contributed by atoms with Crippen molar-refractivity contribution in [1.82, 2.24) is 4.57 Å². The van der Waals surface area contributed by atoms with Gasteiger partial charge in [0, 0.05) is 12.6 Å². The second-order valence-corrected chi connectivity index (χ2v) is 5.09. The molecule has 3 N–H and O–H groups in total. The fourth-order valence-corrected chi connectivity index (χ4v) is 2.63. The lowest BCUT2D eigenvalue weighted by Gasteiger charge is -2.14. The molecule has 0 saturated carbocycles. The van der Waals surface area contributed by atoms with Crippen molar-refractivity contribution in [1.29, 1.82) is 0 Å². The topological polar surface area (TPSA) is 72.8 Å². The molecule has 104 valence electrons. The first-order valence-corrected chi connectivity index (χ1v) is 6.56. The molecule has 1 aromatic heterocycles. The molecule has 2 aromatic rings. The third-order valence-corrected chi connectivity index (χ3v) is 3.56. The number of rotatable bonds is 3. The quantitative estimate of drug-likeness (QED) is 0.387. The van der Waals surface area contributed by atoms with Crippen molar-refractivity contribution in [2.45, 2.75) is 26.0 Å². The van der Waals surface area contributed by atoms with Crippen LogP contribution < -0.4 is 10.5 Å². The summed E-state index contributed by atoms with van der Waals surface area (Å²) in [6.07, 6.45) is 2.86. The van der Waals surface area contributed by atoms with E-state index in [0.717, 1.165) is 12.2 Å². The largest absolute Gasteiger partial charge is 0.488 e. The van der Waals surface area contributed by atoms with Crippen LogP contribution >= 0.6 is 0 Å². The normalized spacial score (nSPS) is 17.9. The first kappa shape index (κ1) is 12.6. The fraction of sp³-hybridized carbons (Fsp3) is 0.267. The van der Waals surface area contributed by atoms with Crippen LogP contribution in [0.15, 0.2) is 41.7 Å². The highest BCUT2D eigenvalue weighted by Crippen LogP contribution is 2.30. The van der Waals surface area contributed by atoms with Crippen molar-refractivity contribution in [2.75, 3.05) is 0 Å². The molecule has 0 bridgehead atoms. The number of nitrogens with two attached hydrogens (primary N) is 1. The van der Waals surface area contributed by atoms with E-state index in [4.69, 9.17) is 15.7 Å². The van der Waals surface area contributed by atoms with E-state index >= 15 is 0 Å². The highest BCUT2D eigenvalue weighted by molar-refractivity contribution is 5.95. The third-order valence-electron chi connectivity index (χ3n) is 3.56. The zero-order chi connectivity index (χ0) is 14.1. The molecule has 0 amide bonds. The second-order valence-electron chi connectivity index (χ2n) is 5.09. The van der Waals surface area contributed by atoms with Gasteiger partial charge in [0.2, 0.25) is 0 Å². The highest BCUT2D eigenvalue weighted by atomic mass is 16.5. The molecule has 20 heavy (non-hydrogen) atoms. The summed E-state index contributed by atoms with van der Waals surface area (Å²) in [4.78, 5) is 0. The Hall–Kier alpha value is -2.43. The minimum Gasteiger partial charge on any atom is -0.488 e. The van der Waals surface area contributed by atoms with E-state index in [1.165, 1.54) is 11.1 Å². The molecule has 1 unspecified atom stereocenters. The molecule has 1 aromatic carbocycles. The van der Waals surface area contributed by atoms with Crippen molar-refractivity contribution in [3.8, 4) is 5.75 Å². The maximum absolute atomic E-state index is 8.78. The predicted molar refractivity (Wildman–Crippen MR) is 76.2 cm³/mol. The Balaban J connectivity index is 1.77. The molecule has 3 rings (SSSR count). The van der Waals surface area contributed by atoms with Crippen LogP contribution in [-0.2, 0) is 13.0 Å². The van der Waals surface area contributed by atoms with Crippen LogP contribution in [0, 0.1) is 6.92 Å². The Morgan fingerprint density at radius 2 is 2.35 bits per heavy atom. The van der Waals surface area contributed by atoms with Crippen molar-refractivity contribution in [2.24, 2.45) is 10.9 Å². The summed E-state index contributed by atoms with van der Waals surface area (Å²) in [5, 5.41) is 11.8. The monoisotopic (exact) mass is 271 g/mol. The van der Waals surface area contributed by atoms with Gasteiger partial charge in [0.15, 0.2) is 5.84 Å². The van der Waals surface area contributed by atoms with Crippen molar-refractivity contribution >= 4 is 5.84 Å². The van der Waals surface area contributed by atoms with E-state index in [-0.39, 0.29) is 11.9 Å². The number of hydrogen-bond donors (Lipinski definition) is 2. The summed E-state index contributed by atoms with van der Waals surface area (Å²) in [5.74, 6) is 1.07. The molecule has 1 atom stereocenters. The molecule has 0 radical (unpaired) electrons. The van der Waals surface area contributed by atoms with E-state index in [2.05, 4.69) is 24.2 Å². The SMILES string of the molecule is Cc1ccc2c(c1)CC(Cn1cccc1/C(N)=N/O)O2. The van der Waals surface area contributed by atoms with E-state index in [1.54, 1.807) is 0 Å². The smallest absolute Gasteiger partial charge is 0.186 e. The number of benzene rings is 1. The van der Waals surface area contributed by atoms with Crippen molar-refractivity contribution < 1.29 is 9.94 Å². The van der Waals surface area contributed by atoms with Crippen LogP contribution in [0.2, 0.25) is 0 Å². The lowest BCUT2D eigenvalue weighted by Crippen LogP contribution is -2.25. The van der Waals surface area contributed by atoms with E-state index in [0.29, 0.717) is 12.2 Å². The molecule has 1 aliphatic rings. The molecule has 2 heterocycles. The minimum absolute atomic E-state index is 0.0736. The Morgan fingerprint density at radius 3 is 3.15 bits per heavy atom. The number of oxime groups is 1. The van der Waals surface area contributed by atoms with Gasteiger partial charge in [0.05, 0.1) is 12.2 Å². The zero-order valence-corrected chi connectivity index (χ0v) is 11.3. The van der Waals surface area contributed by atoms with Crippen LogP contribution in [-0.4, -0.2) is 21.7 Å². The standard InChI is InChI=1S/C15H17N3O2/c1-10-4-5-14-11(7-10)8-12(20-14)9-18-6-2-3-13(18)15(16)17-19/h2-7,12,19H,8-9H2,1H3,(H2,16,17). The van der Waals surface area contributed by atoms with E-state index < -0.39 is 0 Å². The van der Waals surface area contributed by atoms with Gasteiger partial charge in [0.1, 0.15) is 11.9 Å². The summed E-state index contributed by atoms with van der Waals surface area (Å²) >= 11 is 0. The van der Waals surface area contributed by atoms with Gasteiger partial charge in [-0.1, -0.05) is 22.9 Å². The molecule has 0 aliphatic carbocycles. The third kappa shape index (κ3) is 2.22. The van der Waals surface area contributed by atoms with Crippen LogP contribution in [0.3, 0.4) is 0 Å². The minimum atomic E-state index is 0.0736. The first-order valence-electron chi connectivity index (χ1n) is 6.56. The highest BCUT2D eigenvalue weighted by Gasteiger charge is 2.23. The van der Waals surface area contributed by atoms with Gasteiger partial charge in [-0.2, -0.15) is 0 Å². The Labute approximate surface area is 117 Å². The molecule has 5 nitrogen and oxygen atoms in total. The number of hydrogen-bond acceptors (Lipinski definition) is 3. The lowest BCUT2D eigenvalue weighted by atomic mass is 10.1. The van der Waals surface area contributed by atoms with Crippen LogP contribution in [0.1, 0.15) is 16.8 Å². The lowest BCUT2D eigenvalue weighted by molar-refractivity contribution is 0.209. The predicted octanol–water partition coefficient (Wildman–Crippen LogP) is 1.89. The van der Waals surface area contributed by atoms with Gasteiger partial charge < -0.3 is 20.2 Å². The van der Waals surface area contributed by atoms with Gasteiger partial charge in [-0.15, -0.1) is 0 Å². The summed E-state index contributed by atoms with van der Waals surface area (Å²) in [7, 11) is 0. The maximum Gasteiger partial charge on any atom is 0.186 e. The number of amidine groups is 1. The summed E-state index contributed by atoms with van der Waals surface area (Å²) in [5.41, 5.74) is 8.84. The fourth-order valence-electron chi connectivity index (χ4n) is 2.63. The molecule has 0 saturated heterocycles. The van der Waals surface area contributed by atoms with E-state index in [9.17, 15) is 0 Å². The van der Waals surface area contributed by atoms with Crippen molar-refractivity contribution in [3.63, 3.8) is 0 Å². The number of ether oxygens (including phenoxy) is 1. The molecule has 1 aliphatic heterocycles. The number of nitrogens with zero attached hydrogens (tertiary/aromatic N) is 2. The average molecular weight is 271 g/mol. The van der Waals surface area contributed by atoms with Gasteiger partial charge in [0.25, 0.3) is 0 Å². The maximum atomic E-state index is 8.78.